The van der Waals surface area contributed by atoms with Crippen molar-refractivity contribution >= 4 is 17.1 Å². The van der Waals surface area contributed by atoms with Gasteiger partial charge in [-0.25, -0.2) is 4.79 Å². The van der Waals surface area contributed by atoms with Gasteiger partial charge < -0.3 is 10.3 Å². The number of hydrogen-bond donors (Lipinski definition) is 1. The summed E-state index contributed by atoms with van der Waals surface area (Å²) in [5.41, 5.74) is 5.90. The van der Waals surface area contributed by atoms with Crippen LogP contribution in [-0.4, -0.2) is 18.7 Å². The van der Waals surface area contributed by atoms with Crippen LogP contribution in [0.1, 0.15) is 20.8 Å². The average molecular weight is 251 g/mol. The van der Waals surface area contributed by atoms with Gasteiger partial charge in [0.05, 0.1) is 0 Å². The molecule has 7 heteroatoms. The number of nitrogen functional groups attached to an aromatic ring is 1. The Kier molecular flexibility index (Phi) is 2.98. The maximum absolute atomic E-state index is 12.3. The number of nitrogens with zero attached hydrogens (tertiary/aromatic N) is 4. The molecule has 0 aliphatic heterocycles. The summed E-state index contributed by atoms with van der Waals surface area (Å²) in [5, 5.41) is 0. The summed E-state index contributed by atoms with van der Waals surface area (Å²) >= 11 is 0. The van der Waals surface area contributed by atoms with Crippen LogP contribution in [0.3, 0.4) is 0 Å². The molecule has 0 radical (unpaired) electrons. The molecule has 0 fully saturated rings. The second kappa shape index (κ2) is 4.32. The van der Waals surface area contributed by atoms with Crippen LogP contribution in [0, 0.1) is 0 Å². The maximum Gasteiger partial charge on any atom is 0.332 e. The third kappa shape index (κ3) is 1.47. The fraction of sp³-hybridized carbons (Fsp3) is 0.545. The lowest BCUT2D eigenvalue weighted by atomic mass is 10.4. The van der Waals surface area contributed by atoms with Crippen LogP contribution in [0.5, 0.6) is 0 Å². The Bertz CT molecular complexity index is 707. The first-order chi connectivity index (χ1) is 8.56. The van der Waals surface area contributed by atoms with Crippen molar-refractivity contribution in [3.63, 3.8) is 0 Å². The molecule has 2 rings (SSSR count). The van der Waals surface area contributed by atoms with Gasteiger partial charge in [0.15, 0.2) is 11.2 Å². The van der Waals surface area contributed by atoms with Crippen molar-refractivity contribution in [3.8, 4) is 0 Å². The Morgan fingerprint density at radius 2 is 1.56 bits per heavy atom. The molecule has 0 aliphatic rings. The minimum Gasteiger partial charge on any atom is -0.369 e. The Morgan fingerprint density at radius 1 is 1.00 bits per heavy atom. The lowest BCUT2D eigenvalue weighted by Crippen LogP contribution is -2.40. The highest BCUT2D eigenvalue weighted by Gasteiger charge is 2.18. The summed E-state index contributed by atoms with van der Waals surface area (Å²) in [6.45, 7) is 6.83. The van der Waals surface area contributed by atoms with Crippen LogP contribution >= 0.6 is 0 Å². The lowest BCUT2D eigenvalue weighted by molar-refractivity contribution is 0.603. The van der Waals surface area contributed by atoms with Gasteiger partial charge >= 0.3 is 5.69 Å². The van der Waals surface area contributed by atoms with Crippen molar-refractivity contribution in [2.24, 2.45) is 0 Å². The highest BCUT2D eigenvalue weighted by Crippen LogP contribution is 2.12. The molecular formula is C11H17N5O2. The van der Waals surface area contributed by atoms with Gasteiger partial charge in [-0.3, -0.25) is 13.9 Å². The van der Waals surface area contributed by atoms with E-state index < -0.39 is 0 Å². The summed E-state index contributed by atoms with van der Waals surface area (Å²) in [7, 11) is 0. The molecular weight excluding hydrogens is 234 g/mol. The fourth-order valence-electron chi connectivity index (χ4n) is 2.19. The first-order valence-corrected chi connectivity index (χ1v) is 6.06. The number of nitrogens with two attached hydrogens (primary N) is 1. The molecule has 2 N–H and O–H groups in total. The van der Waals surface area contributed by atoms with E-state index in [-0.39, 0.29) is 17.2 Å². The van der Waals surface area contributed by atoms with E-state index in [4.69, 9.17) is 5.73 Å². The largest absolute Gasteiger partial charge is 0.369 e. The van der Waals surface area contributed by atoms with Gasteiger partial charge in [0.1, 0.15) is 0 Å². The molecule has 0 saturated carbocycles. The minimum absolute atomic E-state index is 0.264. The number of rotatable bonds is 3. The van der Waals surface area contributed by atoms with Crippen molar-refractivity contribution in [1.82, 2.24) is 18.7 Å². The topological polar surface area (TPSA) is 87.8 Å². The van der Waals surface area contributed by atoms with Crippen molar-refractivity contribution in [2.45, 2.75) is 40.4 Å². The molecule has 0 aromatic carbocycles. The average Bonchev–Trinajstić information content (AvgIpc) is 2.67. The first kappa shape index (κ1) is 12.4. The quantitative estimate of drug-likeness (QED) is 0.831. The highest BCUT2D eigenvalue weighted by molar-refractivity contribution is 5.73. The molecule has 0 atom stereocenters. The van der Waals surface area contributed by atoms with Crippen LogP contribution in [0.25, 0.3) is 11.2 Å². The van der Waals surface area contributed by atoms with Crippen LogP contribution < -0.4 is 17.0 Å². The predicted octanol–water partition coefficient (Wildman–Crippen LogP) is 0.00160. The number of fused-ring (bicyclic) bond motifs is 1. The van der Waals surface area contributed by atoms with Crippen LogP contribution in [0.15, 0.2) is 9.59 Å². The summed E-state index contributed by atoms with van der Waals surface area (Å²) in [5.74, 6) is 0.264. The van der Waals surface area contributed by atoms with E-state index in [0.717, 1.165) is 0 Å². The fourth-order valence-corrected chi connectivity index (χ4v) is 2.19. The lowest BCUT2D eigenvalue weighted by Gasteiger charge is -2.08. The highest BCUT2D eigenvalue weighted by atomic mass is 16.2. The molecule has 0 aliphatic carbocycles. The minimum atomic E-state index is -0.335. The zero-order valence-corrected chi connectivity index (χ0v) is 10.8. The first-order valence-electron chi connectivity index (χ1n) is 6.06. The third-order valence-corrected chi connectivity index (χ3v) is 3.09. The Labute approximate surface area is 103 Å². The molecule has 98 valence electrons. The van der Waals surface area contributed by atoms with E-state index in [0.29, 0.717) is 30.8 Å². The van der Waals surface area contributed by atoms with Crippen LogP contribution in [0.4, 0.5) is 5.95 Å². The van der Waals surface area contributed by atoms with Gasteiger partial charge in [-0.2, -0.15) is 4.98 Å². The maximum atomic E-state index is 12.3. The summed E-state index contributed by atoms with van der Waals surface area (Å²) < 4.78 is 4.32. The molecule has 0 unspecified atom stereocenters. The van der Waals surface area contributed by atoms with Crippen LogP contribution in [0.2, 0.25) is 0 Å². The second-order valence-corrected chi connectivity index (χ2v) is 3.96. The molecule has 0 amide bonds. The van der Waals surface area contributed by atoms with E-state index in [1.54, 1.807) is 11.5 Å². The summed E-state index contributed by atoms with van der Waals surface area (Å²) in [4.78, 5) is 28.5. The number of aromatic nitrogens is 4. The van der Waals surface area contributed by atoms with Gasteiger partial charge in [0, 0.05) is 19.6 Å². The molecule has 2 aromatic heterocycles. The number of anilines is 1. The zero-order chi connectivity index (χ0) is 13.4. The molecule has 2 heterocycles. The molecule has 18 heavy (non-hydrogen) atoms. The zero-order valence-electron chi connectivity index (χ0n) is 10.8. The van der Waals surface area contributed by atoms with Crippen LogP contribution in [-0.2, 0) is 19.6 Å². The van der Waals surface area contributed by atoms with Gasteiger partial charge in [0.2, 0.25) is 5.95 Å². The van der Waals surface area contributed by atoms with Gasteiger partial charge in [-0.05, 0) is 20.8 Å². The van der Waals surface area contributed by atoms with Crippen molar-refractivity contribution in [1.29, 1.82) is 0 Å². The SMILES string of the molecule is CCn1c(=O)c2c(nc(N)n2CC)n(CC)c1=O. The molecule has 0 bridgehead atoms. The normalized spacial score (nSPS) is 11.3. The van der Waals surface area contributed by atoms with Gasteiger partial charge in [-0.15, -0.1) is 0 Å². The predicted molar refractivity (Wildman–Crippen MR) is 69.7 cm³/mol. The Morgan fingerprint density at radius 3 is 2.06 bits per heavy atom. The Balaban J connectivity index is 3.09. The standard InChI is InChI=1S/C11H17N5O2/c1-4-14-7-8(13-10(14)12)15(5-2)11(18)16(6-3)9(7)17/h4-6H2,1-3H3,(H2,12,13). The smallest absolute Gasteiger partial charge is 0.332 e. The number of aryl methyl sites for hydroxylation is 2. The molecule has 0 spiro atoms. The molecule has 7 nitrogen and oxygen atoms in total. The Hall–Kier alpha value is -2.05. The van der Waals surface area contributed by atoms with E-state index in [2.05, 4.69) is 4.98 Å². The summed E-state index contributed by atoms with van der Waals surface area (Å²) in [6, 6.07) is 0. The molecule has 0 saturated heterocycles. The van der Waals surface area contributed by atoms with Crippen molar-refractivity contribution < 1.29 is 0 Å². The van der Waals surface area contributed by atoms with E-state index in [1.807, 2.05) is 13.8 Å². The number of hydrogen-bond acceptors (Lipinski definition) is 4. The van der Waals surface area contributed by atoms with E-state index in [1.165, 1.54) is 9.13 Å². The summed E-state index contributed by atoms with van der Waals surface area (Å²) in [6.07, 6.45) is 0. The van der Waals surface area contributed by atoms with Gasteiger partial charge in [-0.1, -0.05) is 0 Å². The monoisotopic (exact) mass is 251 g/mol. The van der Waals surface area contributed by atoms with E-state index in [9.17, 15) is 9.59 Å². The van der Waals surface area contributed by atoms with Crippen molar-refractivity contribution in [2.75, 3.05) is 5.73 Å². The molecule has 2 aromatic rings. The van der Waals surface area contributed by atoms with Crippen molar-refractivity contribution in [3.05, 3.63) is 20.8 Å². The third-order valence-electron chi connectivity index (χ3n) is 3.09. The second-order valence-electron chi connectivity index (χ2n) is 3.96. The van der Waals surface area contributed by atoms with Gasteiger partial charge in [0.25, 0.3) is 5.56 Å². The number of imidazole rings is 1. The van der Waals surface area contributed by atoms with E-state index >= 15 is 0 Å².